The van der Waals surface area contributed by atoms with Gasteiger partial charge in [-0.3, -0.25) is 19.2 Å². The third-order valence-electron chi connectivity index (χ3n) is 4.91. The van der Waals surface area contributed by atoms with E-state index in [1.54, 1.807) is 13.8 Å². The molecule has 1 aromatic heterocycles. The Morgan fingerprint density at radius 2 is 1.59 bits per heavy atom. The number of amides is 3. The first-order valence-electron chi connectivity index (χ1n) is 10.9. The number of nitrogens with two attached hydrogens (primary N) is 1. The van der Waals surface area contributed by atoms with Crippen LogP contribution < -0.4 is 21.7 Å². The van der Waals surface area contributed by atoms with Gasteiger partial charge in [-0.15, -0.1) is 0 Å². The summed E-state index contributed by atoms with van der Waals surface area (Å²) < 4.78 is 0. The molecule has 0 radical (unpaired) electrons. The molecule has 0 bridgehead atoms. The maximum absolute atomic E-state index is 13.1. The van der Waals surface area contributed by atoms with Crippen LogP contribution in [-0.4, -0.2) is 74.0 Å². The van der Waals surface area contributed by atoms with Gasteiger partial charge in [0.1, 0.15) is 18.1 Å². The van der Waals surface area contributed by atoms with E-state index in [0.29, 0.717) is 5.69 Å². The SMILES string of the molecule is CC(C)CC(NC(=O)C(NC(=O)C(Cc1cnc[nH]1)NC(=O)C(N)CC(=O)O)C(C)C)C(=O)O. The molecule has 0 aliphatic heterocycles. The van der Waals surface area contributed by atoms with Crippen LogP contribution in [0.1, 0.15) is 46.2 Å². The van der Waals surface area contributed by atoms with E-state index in [9.17, 15) is 29.1 Å². The predicted molar refractivity (Wildman–Crippen MR) is 120 cm³/mol. The largest absolute Gasteiger partial charge is 0.481 e. The summed E-state index contributed by atoms with van der Waals surface area (Å²) in [7, 11) is 0. The Morgan fingerprint density at radius 3 is 2.06 bits per heavy atom. The Labute approximate surface area is 197 Å². The monoisotopic (exact) mass is 482 g/mol. The van der Waals surface area contributed by atoms with Gasteiger partial charge in [-0.2, -0.15) is 0 Å². The van der Waals surface area contributed by atoms with E-state index in [2.05, 4.69) is 25.9 Å². The Kier molecular flexibility index (Phi) is 11.2. The van der Waals surface area contributed by atoms with Crippen molar-refractivity contribution in [3.8, 4) is 0 Å². The lowest BCUT2D eigenvalue weighted by molar-refractivity contribution is -0.143. The molecule has 4 atom stereocenters. The predicted octanol–water partition coefficient (Wildman–Crippen LogP) is -1.00. The number of nitrogens with one attached hydrogen (secondary N) is 4. The van der Waals surface area contributed by atoms with Gasteiger partial charge < -0.3 is 36.9 Å². The Balaban J connectivity index is 3.02. The topological polar surface area (TPSA) is 217 Å². The lowest BCUT2D eigenvalue weighted by atomic mass is 9.99. The van der Waals surface area contributed by atoms with Crippen molar-refractivity contribution in [1.82, 2.24) is 25.9 Å². The molecule has 1 rings (SSSR count). The van der Waals surface area contributed by atoms with E-state index in [4.69, 9.17) is 10.8 Å². The number of aliphatic carboxylic acids is 2. The van der Waals surface area contributed by atoms with Gasteiger partial charge in [-0.05, 0) is 18.3 Å². The molecule has 4 unspecified atom stereocenters. The molecule has 1 heterocycles. The molecule has 8 N–H and O–H groups in total. The molecule has 0 fully saturated rings. The Bertz CT molecular complexity index is 856. The highest BCUT2D eigenvalue weighted by Gasteiger charge is 2.32. The lowest BCUT2D eigenvalue weighted by Gasteiger charge is -2.27. The molecule has 0 saturated carbocycles. The van der Waals surface area contributed by atoms with Crippen LogP contribution in [0.3, 0.4) is 0 Å². The van der Waals surface area contributed by atoms with Crippen molar-refractivity contribution in [3.05, 3.63) is 18.2 Å². The van der Waals surface area contributed by atoms with Gasteiger partial charge in [0.2, 0.25) is 17.7 Å². The standard InChI is InChI=1S/C21H34N6O7/c1-10(2)5-15(21(33)34)26-20(32)17(11(3)4)27-19(31)14(6-12-8-23-9-24-12)25-18(30)13(22)7-16(28)29/h8-11,13-15,17H,5-7,22H2,1-4H3,(H,23,24)(H,25,30)(H,26,32)(H,27,31)(H,28,29)(H,33,34). The van der Waals surface area contributed by atoms with Gasteiger partial charge in [0.05, 0.1) is 18.8 Å². The number of carbonyl (C=O) groups excluding carboxylic acids is 3. The first-order chi connectivity index (χ1) is 15.8. The normalized spacial score (nSPS) is 14.7. The van der Waals surface area contributed by atoms with E-state index in [1.165, 1.54) is 12.5 Å². The Hall–Kier alpha value is -3.48. The fraction of sp³-hybridized carbons (Fsp3) is 0.619. The highest BCUT2D eigenvalue weighted by Crippen LogP contribution is 2.09. The number of aromatic amines is 1. The fourth-order valence-corrected chi connectivity index (χ4v) is 3.13. The van der Waals surface area contributed by atoms with Gasteiger partial charge in [0, 0.05) is 18.3 Å². The van der Waals surface area contributed by atoms with Crippen molar-refractivity contribution in [2.45, 2.75) is 71.1 Å². The minimum Gasteiger partial charge on any atom is -0.481 e. The average molecular weight is 483 g/mol. The first-order valence-corrected chi connectivity index (χ1v) is 10.9. The van der Waals surface area contributed by atoms with Crippen molar-refractivity contribution in [2.24, 2.45) is 17.6 Å². The zero-order valence-electron chi connectivity index (χ0n) is 19.7. The summed E-state index contributed by atoms with van der Waals surface area (Å²) in [4.78, 5) is 67.3. The van der Waals surface area contributed by atoms with Gasteiger partial charge >= 0.3 is 11.9 Å². The Morgan fingerprint density at radius 1 is 0.971 bits per heavy atom. The number of carboxylic acid groups (broad SMARTS) is 2. The van der Waals surface area contributed by atoms with Crippen LogP contribution in [0, 0.1) is 11.8 Å². The molecular weight excluding hydrogens is 448 g/mol. The molecule has 13 heteroatoms. The van der Waals surface area contributed by atoms with Gasteiger partial charge in [-0.1, -0.05) is 27.7 Å². The van der Waals surface area contributed by atoms with Crippen molar-refractivity contribution < 1.29 is 34.2 Å². The van der Waals surface area contributed by atoms with Crippen molar-refractivity contribution in [2.75, 3.05) is 0 Å². The number of carboxylic acids is 2. The zero-order valence-corrected chi connectivity index (χ0v) is 19.7. The number of hydrogen-bond donors (Lipinski definition) is 7. The van der Waals surface area contributed by atoms with E-state index in [0.717, 1.165) is 0 Å². The number of imidazole rings is 1. The molecule has 13 nitrogen and oxygen atoms in total. The maximum Gasteiger partial charge on any atom is 0.326 e. The second kappa shape index (κ2) is 13.3. The summed E-state index contributed by atoms with van der Waals surface area (Å²) in [6.07, 6.45) is 2.37. The van der Waals surface area contributed by atoms with Crippen molar-refractivity contribution in [1.29, 1.82) is 0 Å². The summed E-state index contributed by atoms with van der Waals surface area (Å²) >= 11 is 0. The van der Waals surface area contributed by atoms with Gasteiger partial charge in [0.25, 0.3) is 0 Å². The highest BCUT2D eigenvalue weighted by atomic mass is 16.4. The van der Waals surface area contributed by atoms with Gasteiger partial charge in [-0.25, -0.2) is 9.78 Å². The van der Waals surface area contributed by atoms with Gasteiger partial charge in [0.15, 0.2) is 0 Å². The highest BCUT2D eigenvalue weighted by molar-refractivity contribution is 5.95. The van der Waals surface area contributed by atoms with E-state index in [-0.39, 0.29) is 18.8 Å². The second-order valence-electron chi connectivity index (χ2n) is 8.81. The van der Waals surface area contributed by atoms with E-state index in [1.807, 2.05) is 13.8 Å². The number of carbonyl (C=O) groups is 5. The molecule has 34 heavy (non-hydrogen) atoms. The lowest BCUT2D eigenvalue weighted by Crippen LogP contribution is -2.59. The quantitative estimate of drug-likeness (QED) is 0.173. The molecule has 1 aromatic rings. The molecule has 0 saturated heterocycles. The average Bonchev–Trinajstić information content (AvgIpc) is 3.22. The van der Waals surface area contributed by atoms with Crippen molar-refractivity contribution in [3.63, 3.8) is 0 Å². The summed E-state index contributed by atoms with van der Waals surface area (Å²) in [5, 5.41) is 25.7. The third kappa shape index (κ3) is 9.57. The van der Waals surface area contributed by atoms with Crippen LogP contribution in [0.15, 0.2) is 12.5 Å². The minimum absolute atomic E-state index is 0.0116. The number of nitrogens with zero attached hydrogens (tertiary/aromatic N) is 1. The second-order valence-corrected chi connectivity index (χ2v) is 8.81. The van der Waals surface area contributed by atoms with E-state index < -0.39 is 66.2 Å². The smallest absolute Gasteiger partial charge is 0.326 e. The van der Waals surface area contributed by atoms with Crippen LogP contribution in [0.4, 0.5) is 0 Å². The molecule has 0 spiro atoms. The number of H-pyrrole nitrogens is 1. The first kappa shape index (κ1) is 28.6. The summed E-state index contributed by atoms with van der Waals surface area (Å²) in [5.74, 6) is -5.11. The maximum atomic E-state index is 13.1. The number of aromatic nitrogens is 2. The third-order valence-corrected chi connectivity index (χ3v) is 4.91. The molecule has 3 amide bonds. The molecule has 0 aliphatic carbocycles. The summed E-state index contributed by atoms with van der Waals surface area (Å²) in [6.45, 7) is 6.99. The molecule has 190 valence electrons. The van der Waals surface area contributed by atoms with Crippen LogP contribution in [-0.2, 0) is 30.4 Å². The van der Waals surface area contributed by atoms with Crippen LogP contribution >= 0.6 is 0 Å². The number of hydrogen-bond acceptors (Lipinski definition) is 7. The van der Waals surface area contributed by atoms with E-state index >= 15 is 0 Å². The number of rotatable bonds is 14. The summed E-state index contributed by atoms with van der Waals surface area (Å²) in [5.41, 5.74) is 6.10. The summed E-state index contributed by atoms with van der Waals surface area (Å²) in [6, 6.07) is -4.80. The zero-order chi connectivity index (χ0) is 26.0. The molecule has 0 aliphatic rings. The minimum atomic E-state index is -1.38. The molecular formula is C21H34N6O7. The molecule has 0 aromatic carbocycles. The van der Waals surface area contributed by atoms with Crippen LogP contribution in [0.25, 0.3) is 0 Å². The van der Waals surface area contributed by atoms with Crippen LogP contribution in [0.5, 0.6) is 0 Å². The fourth-order valence-electron chi connectivity index (χ4n) is 3.13. The van der Waals surface area contributed by atoms with Crippen LogP contribution in [0.2, 0.25) is 0 Å². The van der Waals surface area contributed by atoms with Crippen molar-refractivity contribution >= 4 is 29.7 Å².